The Morgan fingerprint density at radius 3 is 2.22 bits per heavy atom. The van der Waals surface area contributed by atoms with Crippen LogP contribution in [0.15, 0.2) is 78.9 Å². The molecule has 0 aliphatic carbocycles. The van der Waals surface area contributed by atoms with Gasteiger partial charge in [-0.3, -0.25) is 4.90 Å². The van der Waals surface area contributed by atoms with E-state index < -0.39 is 29.8 Å². The van der Waals surface area contributed by atoms with Crippen molar-refractivity contribution in [3.63, 3.8) is 0 Å². The number of halogens is 3. The third kappa shape index (κ3) is 7.99. The predicted octanol–water partition coefficient (Wildman–Crippen LogP) is 5.74. The van der Waals surface area contributed by atoms with Crippen LogP contribution in [0.4, 0.5) is 39.8 Å². The second kappa shape index (κ2) is 12.4. The molecule has 3 aromatic carbocycles. The maximum absolute atomic E-state index is 13.0. The van der Waals surface area contributed by atoms with E-state index in [-0.39, 0.29) is 25.4 Å². The van der Waals surface area contributed by atoms with E-state index in [0.717, 1.165) is 12.1 Å². The number of urea groups is 2. The van der Waals surface area contributed by atoms with E-state index in [1.165, 1.54) is 29.2 Å². The van der Waals surface area contributed by atoms with Gasteiger partial charge in [0.15, 0.2) is 0 Å². The molecule has 194 valence electrons. The average Bonchev–Trinajstić information content (AvgIpc) is 2.87. The van der Waals surface area contributed by atoms with Crippen LogP contribution in [-0.2, 0) is 10.9 Å². The van der Waals surface area contributed by atoms with Crippen molar-refractivity contribution < 1.29 is 32.3 Å². The van der Waals surface area contributed by atoms with Crippen molar-refractivity contribution in [3.05, 3.63) is 90.0 Å². The molecule has 0 saturated carbocycles. The fourth-order valence-corrected chi connectivity index (χ4v) is 3.28. The molecule has 0 aliphatic heterocycles. The quantitative estimate of drug-likeness (QED) is 0.334. The summed E-state index contributed by atoms with van der Waals surface area (Å²) in [6.45, 7) is 2.02. The number of amides is 4. The van der Waals surface area contributed by atoms with Crippen molar-refractivity contribution in [2.24, 2.45) is 0 Å². The highest BCUT2D eigenvalue weighted by atomic mass is 19.4. The van der Waals surface area contributed by atoms with Gasteiger partial charge in [-0.25, -0.2) is 14.4 Å². The van der Waals surface area contributed by atoms with Gasteiger partial charge in [0.25, 0.3) is 0 Å². The molecule has 11 heteroatoms. The van der Waals surface area contributed by atoms with Gasteiger partial charge in [0.2, 0.25) is 0 Å². The lowest BCUT2D eigenvalue weighted by Gasteiger charge is -2.24. The second-order valence-corrected chi connectivity index (χ2v) is 7.67. The first-order valence-corrected chi connectivity index (χ1v) is 11.3. The molecule has 3 rings (SSSR count). The Bertz CT molecular complexity index is 1220. The zero-order chi connectivity index (χ0) is 26.8. The summed E-state index contributed by atoms with van der Waals surface area (Å²) in [4.78, 5) is 38.3. The lowest BCUT2D eigenvalue weighted by molar-refractivity contribution is -0.137. The van der Waals surface area contributed by atoms with Gasteiger partial charge in [0.1, 0.15) is 0 Å². The molecule has 0 saturated heterocycles. The smallest absolute Gasteiger partial charge is 0.416 e. The Kier molecular flexibility index (Phi) is 9.09. The van der Waals surface area contributed by atoms with Gasteiger partial charge >= 0.3 is 24.2 Å². The number of nitrogens with zero attached hydrogens (tertiary/aromatic N) is 1. The first-order chi connectivity index (χ1) is 17.7. The lowest BCUT2D eigenvalue weighted by atomic mass is 10.2. The maximum atomic E-state index is 13.0. The van der Waals surface area contributed by atoms with Crippen LogP contribution >= 0.6 is 0 Å². The highest BCUT2D eigenvalue weighted by Gasteiger charge is 2.30. The topological polar surface area (TPSA) is 99.8 Å². The van der Waals surface area contributed by atoms with Crippen LogP contribution in [0, 0.1) is 0 Å². The minimum absolute atomic E-state index is 0.0160. The number of anilines is 3. The summed E-state index contributed by atoms with van der Waals surface area (Å²) in [5.41, 5.74) is 0.373. The fourth-order valence-electron chi connectivity index (χ4n) is 3.28. The van der Waals surface area contributed by atoms with E-state index in [1.54, 1.807) is 49.4 Å². The zero-order valence-corrected chi connectivity index (χ0v) is 19.8. The van der Waals surface area contributed by atoms with Crippen LogP contribution in [0.2, 0.25) is 0 Å². The SMILES string of the molecule is CCOC(=O)c1ccc(NC(=O)NCCN(C(=O)Nc2cccc(C(F)(F)F)c2)c2ccccc2)cc1. The Hall–Kier alpha value is -4.54. The fraction of sp³-hybridized carbons (Fsp3) is 0.192. The maximum Gasteiger partial charge on any atom is 0.416 e. The molecule has 0 spiro atoms. The average molecular weight is 515 g/mol. The zero-order valence-electron chi connectivity index (χ0n) is 19.8. The molecule has 0 bridgehead atoms. The number of ether oxygens (including phenoxy) is 1. The molecule has 0 aliphatic rings. The minimum atomic E-state index is -4.55. The number of esters is 1. The summed E-state index contributed by atoms with van der Waals surface area (Å²) in [5, 5.41) is 7.72. The van der Waals surface area contributed by atoms with E-state index in [1.807, 2.05) is 0 Å². The summed E-state index contributed by atoms with van der Waals surface area (Å²) in [6.07, 6.45) is -4.55. The number of benzene rings is 3. The number of carbonyl (C=O) groups is 3. The standard InChI is InChI=1S/C26H25F3N4O4/c1-2-37-23(34)18-11-13-20(14-12-18)31-24(35)30-15-16-33(22-9-4-3-5-10-22)25(36)32-21-8-6-7-19(17-21)26(27,28)29/h3-14,17H,2,15-16H2,1H3,(H,32,36)(H2,30,31,35). The van der Waals surface area contributed by atoms with Crippen LogP contribution in [0.3, 0.4) is 0 Å². The third-order valence-electron chi connectivity index (χ3n) is 5.03. The number of carbonyl (C=O) groups excluding carboxylic acids is 3. The monoisotopic (exact) mass is 514 g/mol. The summed E-state index contributed by atoms with van der Waals surface area (Å²) in [6, 6.07) is 17.7. The summed E-state index contributed by atoms with van der Waals surface area (Å²) in [5.74, 6) is -0.470. The summed E-state index contributed by atoms with van der Waals surface area (Å²) in [7, 11) is 0. The third-order valence-corrected chi connectivity index (χ3v) is 5.03. The number of hydrogen-bond acceptors (Lipinski definition) is 4. The van der Waals surface area contributed by atoms with Gasteiger partial charge in [-0.1, -0.05) is 24.3 Å². The Labute approximate surface area is 211 Å². The molecule has 8 nitrogen and oxygen atoms in total. The molecule has 0 heterocycles. The van der Waals surface area contributed by atoms with Crippen LogP contribution in [-0.4, -0.2) is 37.7 Å². The number of para-hydroxylation sites is 1. The second-order valence-electron chi connectivity index (χ2n) is 7.67. The molecule has 0 unspecified atom stereocenters. The van der Waals surface area contributed by atoms with E-state index in [4.69, 9.17) is 4.74 Å². The number of nitrogens with one attached hydrogen (secondary N) is 3. The van der Waals surface area contributed by atoms with E-state index in [0.29, 0.717) is 16.9 Å². The van der Waals surface area contributed by atoms with Gasteiger partial charge in [-0.2, -0.15) is 13.2 Å². The largest absolute Gasteiger partial charge is 0.462 e. The van der Waals surface area contributed by atoms with Crippen molar-refractivity contribution in [3.8, 4) is 0 Å². The summed E-state index contributed by atoms with van der Waals surface area (Å²) >= 11 is 0. The molecular weight excluding hydrogens is 489 g/mol. The minimum Gasteiger partial charge on any atom is -0.462 e. The van der Waals surface area contributed by atoms with E-state index in [9.17, 15) is 27.6 Å². The molecular formula is C26H25F3N4O4. The van der Waals surface area contributed by atoms with Crippen LogP contribution in [0.25, 0.3) is 0 Å². The number of alkyl halides is 3. The first-order valence-electron chi connectivity index (χ1n) is 11.3. The molecule has 4 amide bonds. The van der Waals surface area contributed by atoms with Gasteiger partial charge in [-0.05, 0) is 61.5 Å². The molecule has 0 atom stereocenters. The Balaban J connectivity index is 1.60. The van der Waals surface area contributed by atoms with E-state index >= 15 is 0 Å². The highest BCUT2D eigenvalue weighted by molar-refractivity contribution is 6.02. The van der Waals surface area contributed by atoms with Crippen molar-refractivity contribution in [1.29, 1.82) is 0 Å². The van der Waals surface area contributed by atoms with Crippen LogP contribution in [0.1, 0.15) is 22.8 Å². The number of hydrogen-bond donors (Lipinski definition) is 3. The normalized spacial score (nSPS) is 10.8. The predicted molar refractivity (Wildman–Crippen MR) is 134 cm³/mol. The summed E-state index contributed by atoms with van der Waals surface area (Å²) < 4.78 is 44.0. The molecule has 0 fully saturated rings. The van der Waals surface area contributed by atoms with Gasteiger partial charge in [0.05, 0.1) is 17.7 Å². The van der Waals surface area contributed by atoms with Crippen LogP contribution < -0.4 is 20.9 Å². The van der Waals surface area contributed by atoms with Crippen LogP contribution in [0.5, 0.6) is 0 Å². The molecule has 3 aromatic rings. The lowest BCUT2D eigenvalue weighted by Crippen LogP contribution is -2.42. The number of rotatable bonds is 8. The Morgan fingerprint density at radius 2 is 1.57 bits per heavy atom. The van der Waals surface area contributed by atoms with Crippen molar-refractivity contribution in [2.75, 3.05) is 35.2 Å². The van der Waals surface area contributed by atoms with E-state index in [2.05, 4.69) is 16.0 Å². The highest BCUT2D eigenvalue weighted by Crippen LogP contribution is 2.30. The molecule has 37 heavy (non-hydrogen) atoms. The molecule has 0 radical (unpaired) electrons. The van der Waals surface area contributed by atoms with Crippen molar-refractivity contribution in [1.82, 2.24) is 5.32 Å². The Morgan fingerprint density at radius 1 is 0.865 bits per heavy atom. The van der Waals surface area contributed by atoms with Gasteiger partial charge in [0, 0.05) is 30.2 Å². The van der Waals surface area contributed by atoms with Crippen molar-refractivity contribution in [2.45, 2.75) is 13.1 Å². The van der Waals surface area contributed by atoms with Crippen molar-refractivity contribution >= 4 is 35.1 Å². The van der Waals surface area contributed by atoms with Gasteiger partial charge < -0.3 is 20.7 Å². The first kappa shape index (κ1) is 27.1. The molecule has 0 aromatic heterocycles. The molecule has 3 N–H and O–H groups in total. The van der Waals surface area contributed by atoms with Gasteiger partial charge in [-0.15, -0.1) is 0 Å².